The predicted octanol–water partition coefficient (Wildman–Crippen LogP) is 7.76. The zero-order valence-electron chi connectivity index (χ0n) is 18.6. The summed E-state index contributed by atoms with van der Waals surface area (Å²) in [5.74, 6) is -12.6. The van der Waals surface area contributed by atoms with Crippen LogP contribution < -0.4 is 4.74 Å². The zero-order valence-corrected chi connectivity index (χ0v) is 18.6. The Morgan fingerprint density at radius 3 is 1.58 bits per heavy atom. The maximum atomic E-state index is 13.5. The standard InChI is InChI=1S/C25H20F9NO/c26-22(27,23(28,29)24(30,31)25(32,33)34)15-3-1-2-4-16-36-21-13-11-19(12-14-21)6-5-18-7-9-20(17-35)10-8-18/h7-14H,1-4,15-16H2. The van der Waals surface area contributed by atoms with Gasteiger partial charge in [-0.25, -0.2) is 0 Å². The number of halogens is 9. The van der Waals surface area contributed by atoms with Gasteiger partial charge < -0.3 is 4.74 Å². The van der Waals surface area contributed by atoms with Gasteiger partial charge in [-0.05, 0) is 61.4 Å². The van der Waals surface area contributed by atoms with Crippen LogP contribution in [0.3, 0.4) is 0 Å². The molecule has 194 valence electrons. The summed E-state index contributed by atoms with van der Waals surface area (Å²) in [6, 6.07) is 15.4. The Bertz CT molecular complexity index is 1090. The van der Waals surface area contributed by atoms with Gasteiger partial charge in [0.25, 0.3) is 0 Å². The molecule has 0 atom stereocenters. The molecule has 0 spiro atoms. The van der Waals surface area contributed by atoms with E-state index in [1.54, 1.807) is 48.5 Å². The van der Waals surface area contributed by atoms with Gasteiger partial charge in [-0.3, -0.25) is 0 Å². The van der Waals surface area contributed by atoms with E-state index in [-0.39, 0.29) is 19.4 Å². The van der Waals surface area contributed by atoms with E-state index in [0.29, 0.717) is 23.3 Å². The first-order valence-electron chi connectivity index (χ1n) is 10.7. The summed E-state index contributed by atoms with van der Waals surface area (Å²) in [5.41, 5.74) is 1.94. The molecule has 0 aliphatic carbocycles. The van der Waals surface area contributed by atoms with E-state index >= 15 is 0 Å². The van der Waals surface area contributed by atoms with E-state index in [0.717, 1.165) is 5.56 Å². The largest absolute Gasteiger partial charge is 0.494 e. The minimum Gasteiger partial charge on any atom is -0.494 e. The second-order valence-electron chi connectivity index (χ2n) is 7.83. The molecule has 0 saturated heterocycles. The number of nitrogens with zero attached hydrogens (tertiary/aromatic N) is 1. The topological polar surface area (TPSA) is 33.0 Å². The summed E-state index contributed by atoms with van der Waals surface area (Å²) >= 11 is 0. The van der Waals surface area contributed by atoms with Gasteiger partial charge in [-0.2, -0.15) is 44.8 Å². The molecular formula is C25H20F9NO. The van der Waals surface area contributed by atoms with E-state index in [4.69, 9.17) is 10.00 Å². The van der Waals surface area contributed by atoms with Crippen LogP contribution in [-0.2, 0) is 0 Å². The highest BCUT2D eigenvalue weighted by atomic mass is 19.4. The number of nitriles is 1. The van der Waals surface area contributed by atoms with Gasteiger partial charge in [0.05, 0.1) is 18.2 Å². The molecule has 0 fully saturated rings. The smallest absolute Gasteiger partial charge is 0.460 e. The van der Waals surface area contributed by atoms with Crippen LogP contribution in [0.15, 0.2) is 48.5 Å². The number of hydrogen-bond donors (Lipinski definition) is 0. The van der Waals surface area contributed by atoms with Gasteiger partial charge in [0.15, 0.2) is 0 Å². The minimum absolute atomic E-state index is 0.0868. The quantitative estimate of drug-likeness (QED) is 0.182. The first kappa shape index (κ1) is 28.9. The van der Waals surface area contributed by atoms with Gasteiger partial charge in [-0.1, -0.05) is 24.7 Å². The third kappa shape index (κ3) is 7.09. The maximum Gasteiger partial charge on any atom is 0.460 e. The monoisotopic (exact) mass is 521 g/mol. The lowest BCUT2D eigenvalue weighted by Gasteiger charge is -2.33. The fourth-order valence-corrected chi connectivity index (χ4v) is 2.96. The molecule has 36 heavy (non-hydrogen) atoms. The molecular weight excluding hydrogens is 501 g/mol. The fourth-order valence-electron chi connectivity index (χ4n) is 2.96. The molecule has 0 aromatic heterocycles. The van der Waals surface area contributed by atoms with Crippen molar-refractivity contribution in [1.82, 2.24) is 0 Å². The van der Waals surface area contributed by atoms with Crippen molar-refractivity contribution < 1.29 is 44.3 Å². The van der Waals surface area contributed by atoms with Crippen LogP contribution in [-0.4, -0.2) is 30.6 Å². The second-order valence-corrected chi connectivity index (χ2v) is 7.83. The summed E-state index contributed by atoms with van der Waals surface area (Å²) in [6.45, 7) is 0.148. The van der Waals surface area contributed by atoms with Crippen LogP contribution in [0.5, 0.6) is 5.75 Å². The Balaban J connectivity index is 1.73. The molecule has 0 aliphatic heterocycles. The van der Waals surface area contributed by atoms with Crippen molar-refractivity contribution in [3.05, 3.63) is 65.2 Å². The lowest BCUT2D eigenvalue weighted by molar-refractivity contribution is -0.396. The molecule has 2 aromatic rings. The average Bonchev–Trinajstić information content (AvgIpc) is 2.82. The molecule has 0 unspecified atom stereocenters. The Morgan fingerprint density at radius 1 is 0.611 bits per heavy atom. The highest BCUT2D eigenvalue weighted by molar-refractivity contribution is 5.45. The lowest BCUT2D eigenvalue weighted by Crippen LogP contribution is -2.60. The second kappa shape index (κ2) is 11.6. The third-order valence-corrected chi connectivity index (χ3v) is 5.08. The Morgan fingerprint density at radius 2 is 1.08 bits per heavy atom. The van der Waals surface area contributed by atoms with Crippen LogP contribution >= 0.6 is 0 Å². The molecule has 2 aromatic carbocycles. The number of ether oxygens (including phenoxy) is 1. The van der Waals surface area contributed by atoms with Crippen LogP contribution in [0.25, 0.3) is 0 Å². The lowest BCUT2D eigenvalue weighted by atomic mass is 9.98. The number of hydrogen-bond acceptors (Lipinski definition) is 2. The molecule has 0 amide bonds. The Labute approximate surface area is 201 Å². The van der Waals surface area contributed by atoms with Crippen LogP contribution in [0, 0.1) is 23.2 Å². The van der Waals surface area contributed by atoms with Crippen molar-refractivity contribution in [2.75, 3.05) is 6.61 Å². The Hall–Kier alpha value is -3.34. The van der Waals surface area contributed by atoms with Crippen molar-refractivity contribution >= 4 is 0 Å². The molecule has 0 saturated carbocycles. The molecule has 0 aliphatic rings. The first-order valence-corrected chi connectivity index (χ1v) is 10.7. The van der Waals surface area contributed by atoms with E-state index in [2.05, 4.69) is 11.8 Å². The summed E-state index contributed by atoms with van der Waals surface area (Å²) in [6.07, 6.45) is -8.82. The van der Waals surface area contributed by atoms with Crippen LogP contribution in [0.2, 0.25) is 0 Å². The van der Waals surface area contributed by atoms with Crippen LogP contribution in [0.4, 0.5) is 39.5 Å². The van der Waals surface area contributed by atoms with Gasteiger partial charge in [0.2, 0.25) is 0 Å². The number of benzene rings is 2. The molecule has 0 bridgehead atoms. The number of alkyl halides is 9. The van der Waals surface area contributed by atoms with E-state index in [1.165, 1.54) is 0 Å². The molecule has 2 nitrogen and oxygen atoms in total. The highest BCUT2D eigenvalue weighted by Crippen LogP contribution is 2.54. The average molecular weight is 521 g/mol. The summed E-state index contributed by atoms with van der Waals surface area (Å²) in [5, 5.41) is 8.78. The normalized spacial score (nSPS) is 12.4. The van der Waals surface area contributed by atoms with Gasteiger partial charge >= 0.3 is 23.9 Å². The fraction of sp³-hybridized carbons (Fsp3) is 0.400. The van der Waals surface area contributed by atoms with E-state index in [1.807, 2.05) is 6.07 Å². The van der Waals surface area contributed by atoms with Crippen molar-refractivity contribution in [2.45, 2.75) is 56.0 Å². The number of unbranched alkanes of at least 4 members (excludes halogenated alkanes) is 3. The minimum atomic E-state index is -6.85. The summed E-state index contributed by atoms with van der Waals surface area (Å²) < 4.78 is 121. The van der Waals surface area contributed by atoms with Crippen molar-refractivity contribution in [1.29, 1.82) is 5.26 Å². The maximum absolute atomic E-state index is 13.5. The molecule has 11 heteroatoms. The van der Waals surface area contributed by atoms with Crippen molar-refractivity contribution in [3.8, 4) is 23.7 Å². The van der Waals surface area contributed by atoms with Gasteiger partial charge in [0.1, 0.15) is 5.75 Å². The van der Waals surface area contributed by atoms with E-state index < -0.39 is 36.8 Å². The molecule has 0 heterocycles. The van der Waals surface area contributed by atoms with Crippen molar-refractivity contribution in [2.24, 2.45) is 0 Å². The van der Waals surface area contributed by atoms with Gasteiger partial charge in [0, 0.05) is 17.5 Å². The summed E-state index contributed by atoms with van der Waals surface area (Å²) in [7, 11) is 0. The SMILES string of the molecule is N#Cc1ccc(C#Cc2ccc(OCCCCCCC(F)(F)C(F)(F)C(F)(F)C(F)(F)F)cc2)cc1. The molecule has 2 rings (SSSR count). The zero-order chi connectivity index (χ0) is 27.0. The Kier molecular flexibility index (Phi) is 9.31. The number of rotatable bonds is 10. The van der Waals surface area contributed by atoms with Gasteiger partial charge in [-0.15, -0.1) is 0 Å². The third-order valence-electron chi connectivity index (χ3n) is 5.08. The first-order chi connectivity index (χ1) is 16.7. The predicted molar refractivity (Wildman–Crippen MR) is 113 cm³/mol. The van der Waals surface area contributed by atoms with Crippen LogP contribution in [0.1, 0.15) is 48.8 Å². The highest BCUT2D eigenvalue weighted by Gasteiger charge is 2.81. The summed E-state index contributed by atoms with van der Waals surface area (Å²) in [4.78, 5) is 0. The van der Waals surface area contributed by atoms with E-state index in [9.17, 15) is 39.5 Å². The molecule has 0 radical (unpaired) electrons. The van der Waals surface area contributed by atoms with Crippen molar-refractivity contribution in [3.63, 3.8) is 0 Å². The molecule has 0 N–H and O–H groups in total.